The van der Waals surface area contributed by atoms with Gasteiger partial charge in [-0.1, -0.05) is 20.8 Å². The maximum Gasteiger partial charge on any atom is 0.0645 e. The SMILES string of the molecule is CCNC(c1ccn(CCOCC(C)C)c1)C1CC1. The van der Waals surface area contributed by atoms with Crippen LogP contribution in [-0.4, -0.2) is 24.3 Å². The first-order valence-electron chi connectivity index (χ1n) is 7.67. The monoisotopic (exact) mass is 264 g/mol. The van der Waals surface area contributed by atoms with Crippen molar-refractivity contribution in [2.75, 3.05) is 19.8 Å². The van der Waals surface area contributed by atoms with E-state index in [2.05, 4.69) is 49.1 Å². The first-order valence-corrected chi connectivity index (χ1v) is 7.67. The highest BCUT2D eigenvalue weighted by Crippen LogP contribution is 2.40. The van der Waals surface area contributed by atoms with Gasteiger partial charge in [-0.2, -0.15) is 0 Å². The van der Waals surface area contributed by atoms with Crippen molar-refractivity contribution in [1.82, 2.24) is 9.88 Å². The average molecular weight is 264 g/mol. The number of nitrogens with one attached hydrogen (secondary N) is 1. The van der Waals surface area contributed by atoms with Crippen LogP contribution in [0.2, 0.25) is 0 Å². The zero-order valence-corrected chi connectivity index (χ0v) is 12.6. The molecule has 0 aliphatic heterocycles. The number of hydrogen-bond acceptors (Lipinski definition) is 2. The van der Waals surface area contributed by atoms with Gasteiger partial charge in [0.15, 0.2) is 0 Å². The number of aromatic nitrogens is 1. The van der Waals surface area contributed by atoms with Gasteiger partial charge in [-0.25, -0.2) is 0 Å². The fourth-order valence-corrected chi connectivity index (χ4v) is 2.48. The van der Waals surface area contributed by atoms with E-state index >= 15 is 0 Å². The Hall–Kier alpha value is -0.800. The average Bonchev–Trinajstić information content (AvgIpc) is 3.11. The van der Waals surface area contributed by atoms with Crippen LogP contribution in [0.1, 0.15) is 45.2 Å². The first-order chi connectivity index (χ1) is 9.20. The van der Waals surface area contributed by atoms with E-state index in [1.807, 2.05) is 0 Å². The zero-order valence-electron chi connectivity index (χ0n) is 12.6. The molecule has 1 N–H and O–H groups in total. The molecule has 0 bridgehead atoms. The summed E-state index contributed by atoms with van der Waals surface area (Å²) in [7, 11) is 0. The molecule has 3 nitrogen and oxygen atoms in total. The first kappa shape index (κ1) is 14.6. The molecule has 1 saturated carbocycles. The number of ether oxygens (including phenoxy) is 1. The molecule has 1 atom stereocenters. The fraction of sp³-hybridized carbons (Fsp3) is 0.750. The summed E-state index contributed by atoms with van der Waals surface area (Å²) in [5.41, 5.74) is 1.44. The molecule has 3 heteroatoms. The summed E-state index contributed by atoms with van der Waals surface area (Å²) >= 11 is 0. The number of nitrogens with zero attached hydrogens (tertiary/aromatic N) is 1. The second kappa shape index (κ2) is 7.11. The summed E-state index contributed by atoms with van der Waals surface area (Å²) in [6, 6.07) is 2.82. The molecule has 0 saturated heterocycles. The Morgan fingerprint density at radius 2 is 2.21 bits per heavy atom. The predicted octanol–water partition coefficient (Wildman–Crippen LogP) is 3.22. The van der Waals surface area contributed by atoms with Gasteiger partial charge in [0.2, 0.25) is 0 Å². The van der Waals surface area contributed by atoms with Gasteiger partial charge in [0, 0.05) is 31.6 Å². The summed E-state index contributed by atoms with van der Waals surface area (Å²) in [5.74, 6) is 1.47. The molecule has 1 fully saturated rings. The van der Waals surface area contributed by atoms with Crippen LogP contribution in [0.15, 0.2) is 18.5 Å². The van der Waals surface area contributed by atoms with Crippen molar-refractivity contribution in [3.8, 4) is 0 Å². The maximum atomic E-state index is 5.64. The highest BCUT2D eigenvalue weighted by molar-refractivity contribution is 5.18. The Morgan fingerprint density at radius 1 is 1.42 bits per heavy atom. The van der Waals surface area contributed by atoms with Crippen LogP contribution in [0.25, 0.3) is 0 Å². The smallest absolute Gasteiger partial charge is 0.0645 e. The van der Waals surface area contributed by atoms with Gasteiger partial charge in [-0.15, -0.1) is 0 Å². The lowest BCUT2D eigenvalue weighted by Gasteiger charge is -2.15. The molecule has 1 aromatic heterocycles. The Bertz CT molecular complexity index is 369. The van der Waals surface area contributed by atoms with Crippen LogP contribution in [0.3, 0.4) is 0 Å². The largest absolute Gasteiger partial charge is 0.379 e. The molecule has 1 aliphatic rings. The van der Waals surface area contributed by atoms with Gasteiger partial charge in [0.1, 0.15) is 0 Å². The minimum atomic E-state index is 0.558. The molecule has 2 rings (SSSR count). The Labute approximate surface area is 117 Å². The lowest BCUT2D eigenvalue weighted by atomic mass is 10.1. The van der Waals surface area contributed by atoms with E-state index in [1.165, 1.54) is 18.4 Å². The van der Waals surface area contributed by atoms with Crippen LogP contribution in [-0.2, 0) is 11.3 Å². The quantitative estimate of drug-likeness (QED) is 0.693. The van der Waals surface area contributed by atoms with Crippen LogP contribution < -0.4 is 5.32 Å². The fourth-order valence-electron chi connectivity index (χ4n) is 2.48. The van der Waals surface area contributed by atoms with Gasteiger partial charge in [-0.05, 0) is 42.9 Å². The lowest BCUT2D eigenvalue weighted by molar-refractivity contribution is 0.103. The standard InChI is InChI=1S/C16H28N2O/c1-4-17-16(14-5-6-14)15-7-8-18(11-15)9-10-19-12-13(2)3/h7-8,11,13-14,16-17H,4-6,9-10,12H2,1-3H3. The predicted molar refractivity (Wildman–Crippen MR) is 79.2 cm³/mol. The van der Waals surface area contributed by atoms with Gasteiger partial charge < -0.3 is 14.6 Å². The maximum absolute atomic E-state index is 5.64. The van der Waals surface area contributed by atoms with E-state index < -0.39 is 0 Å². The van der Waals surface area contributed by atoms with Crippen LogP contribution >= 0.6 is 0 Å². The van der Waals surface area contributed by atoms with Crippen molar-refractivity contribution >= 4 is 0 Å². The Balaban J connectivity index is 1.80. The normalized spacial score (nSPS) is 17.1. The van der Waals surface area contributed by atoms with Crippen LogP contribution in [0, 0.1) is 11.8 Å². The molecular weight excluding hydrogens is 236 g/mol. The van der Waals surface area contributed by atoms with Gasteiger partial charge >= 0.3 is 0 Å². The molecule has 1 heterocycles. The van der Waals surface area contributed by atoms with Crippen molar-refractivity contribution in [1.29, 1.82) is 0 Å². The molecule has 0 spiro atoms. The highest BCUT2D eigenvalue weighted by Gasteiger charge is 2.31. The summed E-state index contributed by atoms with van der Waals surface area (Å²) in [5, 5.41) is 3.61. The van der Waals surface area contributed by atoms with E-state index in [0.717, 1.165) is 32.2 Å². The topological polar surface area (TPSA) is 26.2 Å². The van der Waals surface area contributed by atoms with E-state index in [-0.39, 0.29) is 0 Å². The summed E-state index contributed by atoms with van der Waals surface area (Å²) in [6.07, 6.45) is 7.21. The van der Waals surface area contributed by atoms with Crippen molar-refractivity contribution in [3.63, 3.8) is 0 Å². The molecule has 1 aromatic rings. The molecule has 0 aromatic carbocycles. The van der Waals surface area contributed by atoms with E-state index in [0.29, 0.717) is 12.0 Å². The number of hydrogen-bond donors (Lipinski definition) is 1. The third-order valence-corrected chi connectivity index (χ3v) is 3.59. The molecule has 1 unspecified atom stereocenters. The van der Waals surface area contributed by atoms with Crippen molar-refractivity contribution in [3.05, 3.63) is 24.0 Å². The Morgan fingerprint density at radius 3 is 2.84 bits per heavy atom. The van der Waals surface area contributed by atoms with Gasteiger partial charge in [-0.3, -0.25) is 0 Å². The molecule has 108 valence electrons. The van der Waals surface area contributed by atoms with E-state index in [4.69, 9.17) is 4.74 Å². The van der Waals surface area contributed by atoms with E-state index in [9.17, 15) is 0 Å². The third kappa shape index (κ3) is 4.66. The minimum absolute atomic E-state index is 0.558. The molecular formula is C16H28N2O. The summed E-state index contributed by atoms with van der Waals surface area (Å²) in [4.78, 5) is 0. The third-order valence-electron chi connectivity index (χ3n) is 3.59. The second-order valence-corrected chi connectivity index (χ2v) is 6.02. The minimum Gasteiger partial charge on any atom is -0.379 e. The Kier molecular flexibility index (Phi) is 5.46. The van der Waals surface area contributed by atoms with Gasteiger partial charge in [0.25, 0.3) is 0 Å². The van der Waals surface area contributed by atoms with Crippen LogP contribution in [0.5, 0.6) is 0 Å². The van der Waals surface area contributed by atoms with E-state index in [1.54, 1.807) is 0 Å². The van der Waals surface area contributed by atoms with Crippen LogP contribution in [0.4, 0.5) is 0 Å². The highest BCUT2D eigenvalue weighted by atomic mass is 16.5. The molecule has 0 amide bonds. The molecule has 0 radical (unpaired) electrons. The summed E-state index contributed by atoms with van der Waals surface area (Å²) in [6.45, 7) is 10.2. The molecule has 1 aliphatic carbocycles. The zero-order chi connectivity index (χ0) is 13.7. The van der Waals surface area contributed by atoms with Crippen molar-refractivity contribution in [2.45, 2.75) is 46.2 Å². The number of rotatable bonds is 9. The lowest BCUT2D eigenvalue weighted by Crippen LogP contribution is -2.22. The summed E-state index contributed by atoms with van der Waals surface area (Å²) < 4.78 is 7.89. The van der Waals surface area contributed by atoms with Gasteiger partial charge in [0.05, 0.1) is 6.61 Å². The molecule has 19 heavy (non-hydrogen) atoms. The van der Waals surface area contributed by atoms with Crippen molar-refractivity contribution in [2.24, 2.45) is 11.8 Å². The van der Waals surface area contributed by atoms with Crippen molar-refractivity contribution < 1.29 is 4.74 Å². The second-order valence-electron chi connectivity index (χ2n) is 6.02.